The summed E-state index contributed by atoms with van der Waals surface area (Å²) in [5.41, 5.74) is 34.3. The van der Waals surface area contributed by atoms with Gasteiger partial charge < -0.3 is 66.1 Å². The maximum Gasteiger partial charge on any atom is 0.245 e. The van der Waals surface area contributed by atoms with Gasteiger partial charge in [0.05, 0.1) is 12.6 Å². The van der Waals surface area contributed by atoms with Crippen LogP contribution in [0.4, 0.5) is 0 Å². The van der Waals surface area contributed by atoms with Crippen molar-refractivity contribution in [1.82, 2.24) is 26.6 Å². The zero-order valence-corrected chi connectivity index (χ0v) is 41.1. The van der Waals surface area contributed by atoms with Crippen LogP contribution in [0, 0.1) is 0 Å². The molecule has 20 heteroatoms. The molecule has 384 valence electrons. The third-order valence-electron chi connectivity index (χ3n) is 11.4. The van der Waals surface area contributed by atoms with Crippen LogP contribution in [-0.4, -0.2) is 120 Å². The number of aliphatic hydroxyl groups is 1. The van der Waals surface area contributed by atoms with Crippen LogP contribution in [0.2, 0.25) is 0 Å². The largest absolute Gasteiger partial charge is 0.394 e. The summed E-state index contributed by atoms with van der Waals surface area (Å²) in [5, 5.41) is 23.1. The summed E-state index contributed by atoms with van der Waals surface area (Å²) in [4.78, 5) is 92.4. The number of carbonyl (C=O) groups is 7. The smallest absolute Gasteiger partial charge is 0.245 e. The van der Waals surface area contributed by atoms with E-state index in [2.05, 4.69) is 33.5 Å². The predicted molar refractivity (Wildman–Crippen MR) is 263 cm³/mol. The van der Waals surface area contributed by atoms with Gasteiger partial charge in [0.2, 0.25) is 35.4 Å². The molecule has 0 aromatic heterocycles. The minimum atomic E-state index is -1.48. The predicted octanol–water partition coefficient (Wildman–Crippen LogP) is 1.47. The van der Waals surface area contributed by atoms with E-state index in [0.717, 1.165) is 37.4 Å². The molecule has 0 heterocycles. The van der Waals surface area contributed by atoms with Gasteiger partial charge in [0, 0.05) is 12.2 Å². The molecule has 0 radical (unpaired) electrons. The molecule has 0 aliphatic carbocycles. The van der Waals surface area contributed by atoms with Crippen LogP contribution >= 0.6 is 11.8 Å². The Bertz CT molecular complexity index is 1350. The van der Waals surface area contributed by atoms with Crippen molar-refractivity contribution in [3.8, 4) is 0 Å². The van der Waals surface area contributed by atoms with E-state index >= 15 is 0 Å². The molecule has 6 amide bonds. The first-order valence-electron chi connectivity index (χ1n) is 24.9. The lowest BCUT2D eigenvalue weighted by Gasteiger charge is -2.27. The average Bonchev–Trinajstić information content (AvgIpc) is 3.29. The van der Waals surface area contributed by atoms with Gasteiger partial charge in [-0.1, -0.05) is 95.7 Å². The molecule has 0 aromatic carbocycles. The molecule has 18 N–H and O–H groups in total. The maximum atomic E-state index is 13.9. The van der Waals surface area contributed by atoms with Gasteiger partial charge in [-0.05, 0) is 110 Å². The van der Waals surface area contributed by atoms with Crippen molar-refractivity contribution in [3.63, 3.8) is 0 Å². The molecular weight excluding hydrogens is 867 g/mol. The number of carbonyl (C=O) groups excluding carboxylic acids is 7. The van der Waals surface area contributed by atoms with Crippen molar-refractivity contribution in [2.75, 3.05) is 38.5 Å². The van der Waals surface area contributed by atoms with E-state index in [1.165, 1.54) is 57.8 Å². The van der Waals surface area contributed by atoms with Crippen molar-refractivity contribution < 1.29 is 38.7 Å². The van der Waals surface area contributed by atoms with Crippen molar-refractivity contribution >= 4 is 52.3 Å². The number of amides is 6. The quantitative estimate of drug-likeness (QED) is 0.0385. The van der Waals surface area contributed by atoms with Gasteiger partial charge in [-0.3, -0.25) is 33.6 Å². The number of hydrogen-bond acceptors (Lipinski definition) is 14. The maximum absolute atomic E-state index is 13.9. The van der Waals surface area contributed by atoms with E-state index < -0.39 is 78.3 Å². The Morgan fingerprint density at radius 2 is 0.758 bits per heavy atom. The zero-order valence-electron chi connectivity index (χ0n) is 40.3. The Labute approximate surface area is 399 Å². The molecule has 0 aromatic rings. The number of nitrogens with two attached hydrogens (primary N) is 6. The van der Waals surface area contributed by atoms with Crippen LogP contribution in [0.3, 0.4) is 0 Å². The van der Waals surface area contributed by atoms with Crippen molar-refractivity contribution in [1.29, 1.82) is 0 Å². The van der Waals surface area contributed by atoms with Gasteiger partial charge in [-0.15, -0.1) is 0 Å². The van der Waals surface area contributed by atoms with Gasteiger partial charge >= 0.3 is 0 Å². The lowest BCUT2D eigenvalue weighted by molar-refractivity contribution is -0.135. The number of primary amides is 1. The Kier molecular flexibility index (Phi) is 39.6. The van der Waals surface area contributed by atoms with E-state index in [-0.39, 0.29) is 36.6 Å². The number of unbranched alkanes of at least 4 members (excludes halogenated alkanes) is 16. The van der Waals surface area contributed by atoms with Crippen LogP contribution in [0.25, 0.3) is 0 Å². The molecule has 0 bridgehead atoms. The summed E-state index contributed by atoms with van der Waals surface area (Å²) in [6.45, 7) is 2.82. The van der Waals surface area contributed by atoms with Gasteiger partial charge in [0.25, 0.3) is 0 Å². The Hall–Kier alpha value is -3.40. The normalized spacial score (nSPS) is 14.0. The van der Waals surface area contributed by atoms with E-state index in [0.29, 0.717) is 84.0 Å². The average molecular weight is 958 g/mol. The third kappa shape index (κ3) is 31.6. The number of rotatable bonds is 44. The highest BCUT2D eigenvalue weighted by molar-refractivity contribution is 8.13. The molecular formula is C46H91N11O8S. The highest BCUT2D eigenvalue weighted by Crippen LogP contribution is 2.16. The fraction of sp³-hybridized carbons (Fsp3) is 0.848. The van der Waals surface area contributed by atoms with Gasteiger partial charge in [-0.25, -0.2) is 0 Å². The molecule has 0 spiro atoms. The molecule has 0 rings (SSSR count). The van der Waals surface area contributed by atoms with Gasteiger partial charge in [0.15, 0.2) is 5.12 Å². The molecule has 19 nitrogen and oxygen atoms in total. The molecule has 0 fully saturated rings. The number of hydrogen-bond donors (Lipinski definition) is 12. The first kappa shape index (κ1) is 62.6. The van der Waals surface area contributed by atoms with Crippen LogP contribution in [0.15, 0.2) is 0 Å². The minimum Gasteiger partial charge on any atom is -0.394 e. The molecule has 0 saturated carbocycles. The Morgan fingerprint density at radius 1 is 0.439 bits per heavy atom. The fourth-order valence-corrected chi connectivity index (χ4v) is 8.05. The molecule has 6 atom stereocenters. The summed E-state index contributed by atoms with van der Waals surface area (Å²) in [6.07, 6.45) is 20.8. The molecule has 66 heavy (non-hydrogen) atoms. The number of nitrogens with one attached hydrogen (secondary N) is 5. The van der Waals surface area contributed by atoms with E-state index in [9.17, 15) is 38.7 Å². The highest BCUT2D eigenvalue weighted by Gasteiger charge is 2.32. The number of aliphatic hydroxyl groups excluding tert-OH is 1. The van der Waals surface area contributed by atoms with Crippen LogP contribution in [-0.2, 0) is 33.6 Å². The standard InChI is InChI=1S/C46H91N11O8S/c1-2-3-4-5-6-7-8-9-10-11-12-13-14-27-40(59)66-33-34(51)42(61)57-39(32-58)46(65)56-38(26-18-22-31-50)45(64)55-37(25-17-21-30-49)44(63)54-36(24-16-20-29-48)43(62)53-35(41(52)60)23-15-19-28-47/h34-39,58H,2-33,47-51H2,1H3,(H2,52,60)(H,53,62)(H,54,63)(H,55,64)(H,56,65)(H,57,61)/t34-,35-,36-,37-,38-,39-/m0/s1. The lowest BCUT2D eigenvalue weighted by Crippen LogP contribution is -2.60. The van der Waals surface area contributed by atoms with E-state index in [4.69, 9.17) is 34.4 Å². The van der Waals surface area contributed by atoms with Gasteiger partial charge in [-0.2, -0.15) is 0 Å². The third-order valence-corrected chi connectivity index (χ3v) is 12.5. The van der Waals surface area contributed by atoms with Crippen LogP contribution in [0.5, 0.6) is 0 Å². The van der Waals surface area contributed by atoms with Gasteiger partial charge in [0.1, 0.15) is 30.2 Å². The first-order chi connectivity index (χ1) is 31.8. The second-order valence-corrected chi connectivity index (χ2v) is 18.4. The Balaban J connectivity index is 5.49. The summed E-state index contributed by atoms with van der Waals surface area (Å²) in [6, 6.07) is -7.06. The van der Waals surface area contributed by atoms with E-state index in [1.807, 2.05) is 0 Å². The van der Waals surface area contributed by atoms with Crippen molar-refractivity contribution in [2.24, 2.45) is 34.4 Å². The van der Waals surface area contributed by atoms with Crippen molar-refractivity contribution in [3.05, 3.63) is 0 Å². The first-order valence-corrected chi connectivity index (χ1v) is 25.9. The topological polar surface area (TPSA) is 356 Å². The monoisotopic (exact) mass is 958 g/mol. The zero-order chi connectivity index (χ0) is 49.4. The lowest BCUT2D eigenvalue weighted by atomic mass is 10.0. The minimum absolute atomic E-state index is 0.0172. The summed E-state index contributed by atoms with van der Waals surface area (Å²) in [7, 11) is 0. The second-order valence-electron chi connectivity index (χ2n) is 17.3. The summed E-state index contributed by atoms with van der Waals surface area (Å²) in [5.74, 6) is -4.38. The van der Waals surface area contributed by atoms with E-state index in [1.54, 1.807) is 0 Å². The highest BCUT2D eigenvalue weighted by atomic mass is 32.2. The molecule has 0 unspecified atom stereocenters. The SMILES string of the molecule is CCCCCCCCCCCCCCCC(=O)SC[C@H](N)C(=O)N[C@@H](CO)C(=O)N[C@@H](CCCCN)C(=O)N[C@@H](CCCCN)C(=O)N[C@@H](CCCCN)C(=O)N[C@@H](CCCCN)C(N)=O. The fourth-order valence-electron chi connectivity index (χ4n) is 7.24. The molecule has 0 aliphatic rings. The van der Waals surface area contributed by atoms with Crippen molar-refractivity contribution in [2.45, 2.75) is 210 Å². The molecule has 0 saturated heterocycles. The second kappa shape index (κ2) is 41.8. The van der Waals surface area contributed by atoms with Crippen LogP contribution < -0.4 is 61.0 Å². The van der Waals surface area contributed by atoms with Crippen LogP contribution in [0.1, 0.15) is 174 Å². The molecule has 0 aliphatic heterocycles. The summed E-state index contributed by atoms with van der Waals surface area (Å²) >= 11 is 0.957. The Morgan fingerprint density at radius 3 is 1.11 bits per heavy atom. The number of thioether (sulfide) groups is 1. The summed E-state index contributed by atoms with van der Waals surface area (Å²) < 4.78 is 0.